The van der Waals surface area contributed by atoms with Crippen LogP contribution in [0.2, 0.25) is 0 Å². The number of nitrogens with zero attached hydrogens (tertiary/aromatic N) is 4. The predicted molar refractivity (Wildman–Crippen MR) is 89.4 cm³/mol. The van der Waals surface area contributed by atoms with Crippen molar-refractivity contribution in [1.29, 1.82) is 0 Å². The molecule has 0 N–H and O–H groups in total. The van der Waals surface area contributed by atoms with E-state index in [1.807, 2.05) is 0 Å². The summed E-state index contributed by atoms with van der Waals surface area (Å²) in [4.78, 5) is 20.5. The molecule has 1 fully saturated rings. The van der Waals surface area contributed by atoms with Gasteiger partial charge in [-0.1, -0.05) is 31.0 Å². The lowest BCUT2D eigenvalue weighted by molar-refractivity contribution is -0.394. The van der Waals surface area contributed by atoms with E-state index in [4.69, 9.17) is 4.42 Å². The molecule has 0 saturated heterocycles. The Morgan fingerprint density at radius 3 is 2.28 bits per heavy atom. The van der Waals surface area contributed by atoms with Crippen LogP contribution in [-0.2, 0) is 5.75 Å². The molecule has 0 aliphatic heterocycles. The molecule has 0 unspecified atom stereocenters. The summed E-state index contributed by atoms with van der Waals surface area (Å²) in [5.41, 5.74) is -0.153. The fourth-order valence-corrected chi connectivity index (χ4v) is 3.59. The molecule has 2 aromatic rings. The zero-order valence-electron chi connectivity index (χ0n) is 13.3. The van der Waals surface area contributed by atoms with Gasteiger partial charge in [0.05, 0.1) is 15.9 Å². The minimum atomic E-state index is -0.644. The third kappa shape index (κ3) is 4.32. The van der Waals surface area contributed by atoms with E-state index in [0.717, 1.165) is 31.7 Å². The Bertz CT molecular complexity index is 756. The van der Waals surface area contributed by atoms with Gasteiger partial charge < -0.3 is 4.42 Å². The highest BCUT2D eigenvalue weighted by Gasteiger charge is 2.22. The van der Waals surface area contributed by atoms with Crippen molar-refractivity contribution in [2.24, 2.45) is 0 Å². The molecule has 1 heterocycles. The molecular formula is C15H16N4O5S. The number of non-ortho nitro benzene ring substituents is 2. The smallest absolute Gasteiger partial charge is 0.276 e. The topological polar surface area (TPSA) is 125 Å². The van der Waals surface area contributed by atoms with Crippen LogP contribution >= 0.6 is 11.8 Å². The van der Waals surface area contributed by atoms with Crippen LogP contribution in [0.5, 0.6) is 0 Å². The van der Waals surface area contributed by atoms with Crippen molar-refractivity contribution in [3.8, 4) is 0 Å². The van der Waals surface area contributed by atoms with E-state index in [0.29, 0.717) is 22.6 Å². The molecule has 0 radical (unpaired) electrons. The maximum atomic E-state index is 10.9. The average molecular weight is 364 g/mol. The monoisotopic (exact) mass is 364 g/mol. The Labute approximate surface area is 147 Å². The number of thioether (sulfide) groups is 1. The minimum absolute atomic E-state index is 0.273. The summed E-state index contributed by atoms with van der Waals surface area (Å²) in [6.45, 7) is 0. The fraction of sp³-hybridized carbons (Fsp3) is 0.467. The van der Waals surface area contributed by atoms with Crippen LogP contribution in [0.25, 0.3) is 0 Å². The van der Waals surface area contributed by atoms with E-state index in [1.165, 1.54) is 30.3 Å². The van der Waals surface area contributed by atoms with Crippen molar-refractivity contribution in [2.45, 2.75) is 49.0 Å². The lowest BCUT2D eigenvalue weighted by Crippen LogP contribution is -2.04. The lowest BCUT2D eigenvalue weighted by atomic mass is 9.89. The average Bonchev–Trinajstić information content (AvgIpc) is 3.09. The highest BCUT2D eigenvalue weighted by molar-refractivity contribution is 7.98. The number of aromatic nitrogens is 2. The van der Waals surface area contributed by atoms with Gasteiger partial charge in [-0.25, -0.2) is 0 Å². The number of nitro benzene ring substituents is 2. The van der Waals surface area contributed by atoms with Gasteiger partial charge in [0, 0.05) is 23.8 Å². The summed E-state index contributed by atoms with van der Waals surface area (Å²) in [7, 11) is 0. The third-order valence-electron chi connectivity index (χ3n) is 4.12. The van der Waals surface area contributed by atoms with Gasteiger partial charge in [0.2, 0.25) is 5.89 Å². The Balaban J connectivity index is 1.70. The van der Waals surface area contributed by atoms with E-state index < -0.39 is 9.85 Å². The first kappa shape index (κ1) is 17.3. The molecule has 0 atom stereocenters. The van der Waals surface area contributed by atoms with Gasteiger partial charge in [0.1, 0.15) is 0 Å². The van der Waals surface area contributed by atoms with Gasteiger partial charge in [-0.3, -0.25) is 20.2 Å². The Kier molecular flexibility index (Phi) is 5.27. The molecule has 0 amide bonds. The maximum Gasteiger partial charge on any atom is 0.276 e. The first-order valence-corrected chi connectivity index (χ1v) is 8.90. The van der Waals surface area contributed by atoms with Crippen molar-refractivity contribution in [3.05, 3.63) is 49.9 Å². The van der Waals surface area contributed by atoms with Gasteiger partial charge in [-0.2, -0.15) is 0 Å². The second-order valence-corrected chi connectivity index (χ2v) is 6.83. The molecule has 1 aliphatic rings. The first-order valence-electron chi connectivity index (χ1n) is 7.92. The standard InChI is InChI=1S/C15H16N4O5S/c20-18(21)12-6-10(7-13(8-12)19(22)23)9-25-15-17-16-14(24-15)11-4-2-1-3-5-11/h6-8,11H,1-5,9H2. The molecule has 10 heteroatoms. The summed E-state index contributed by atoms with van der Waals surface area (Å²) in [5.74, 6) is 1.20. The number of hydrogen-bond donors (Lipinski definition) is 0. The summed E-state index contributed by atoms with van der Waals surface area (Å²) in [6.07, 6.45) is 5.64. The number of rotatable bonds is 6. The van der Waals surface area contributed by atoms with Gasteiger partial charge >= 0.3 is 0 Å². The van der Waals surface area contributed by atoms with Gasteiger partial charge in [-0.05, 0) is 18.4 Å². The Morgan fingerprint density at radius 2 is 1.68 bits per heavy atom. The maximum absolute atomic E-state index is 10.9. The second-order valence-electron chi connectivity index (χ2n) is 5.90. The molecule has 25 heavy (non-hydrogen) atoms. The van der Waals surface area contributed by atoms with Crippen molar-refractivity contribution >= 4 is 23.1 Å². The molecule has 0 bridgehead atoms. The van der Waals surface area contributed by atoms with Crippen LogP contribution in [0.15, 0.2) is 27.8 Å². The summed E-state index contributed by atoms with van der Waals surface area (Å²) in [6, 6.07) is 3.58. The highest BCUT2D eigenvalue weighted by atomic mass is 32.2. The van der Waals surface area contributed by atoms with Crippen LogP contribution in [0.3, 0.4) is 0 Å². The zero-order valence-corrected chi connectivity index (χ0v) is 14.1. The second kappa shape index (κ2) is 7.60. The van der Waals surface area contributed by atoms with E-state index in [-0.39, 0.29) is 17.1 Å². The molecule has 132 valence electrons. The van der Waals surface area contributed by atoms with E-state index in [2.05, 4.69) is 10.2 Å². The quantitative estimate of drug-likeness (QED) is 0.423. The minimum Gasteiger partial charge on any atom is -0.416 e. The number of hydrogen-bond acceptors (Lipinski definition) is 8. The van der Waals surface area contributed by atoms with Crippen molar-refractivity contribution < 1.29 is 14.3 Å². The molecule has 1 saturated carbocycles. The normalized spacial score (nSPS) is 15.2. The molecule has 9 nitrogen and oxygen atoms in total. The predicted octanol–water partition coefficient (Wildman–Crippen LogP) is 4.23. The molecule has 3 rings (SSSR count). The third-order valence-corrected chi connectivity index (χ3v) is 5.01. The molecule has 1 aromatic carbocycles. The summed E-state index contributed by atoms with van der Waals surface area (Å²) < 4.78 is 5.67. The van der Waals surface area contributed by atoms with Crippen LogP contribution in [0, 0.1) is 20.2 Å². The van der Waals surface area contributed by atoms with E-state index in [9.17, 15) is 20.2 Å². The van der Waals surface area contributed by atoms with E-state index >= 15 is 0 Å². The van der Waals surface area contributed by atoms with Gasteiger partial charge in [0.15, 0.2) is 0 Å². The Hall–Kier alpha value is -2.49. The van der Waals surface area contributed by atoms with Crippen LogP contribution in [0.4, 0.5) is 11.4 Å². The lowest BCUT2D eigenvalue weighted by Gasteiger charge is -2.17. The van der Waals surface area contributed by atoms with E-state index in [1.54, 1.807) is 0 Å². The van der Waals surface area contributed by atoms with Crippen LogP contribution < -0.4 is 0 Å². The van der Waals surface area contributed by atoms with Gasteiger partial charge in [0.25, 0.3) is 16.6 Å². The molecule has 1 aliphatic carbocycles. The number of nitro groups is 2. The number of benzene rings is 1. The van der Waals surface area contributed by atoms with Crippen molar-refractivity contribution in [1.82, 2.24) is 10.2 Å². The molecule has 1 aromatic heterocycles. The highest BCUT2D eigenvalue weighted by Crippen LogP contribution is 2.34. The largest absolute Gasteiger partial charge is 0.416 e. The zero-order chi connectivity index (χ0) is 17.8. The van der Waals surface area contributed by atoms with Crippen molar-refractivity contribution in [3.63, 3.8) is 0 Å². The fourth-order valence-electron chi connectivity index (χ4n) is 2.89. The van der Waals surface area contributed by atoms with Crippen molar-refractivity contribution in [2.75, 3.05) is 0 Å². The van der Waals surface area contributed by atoms with Gasteiger partial charge in [-0.15, -0.1) is 10.2 Å². The van der Waals surface area contributed by atoms with Crippen LogP contribution in [0.1, 0.15) is 49.5 Å². The van der Waals surface area contributed by atoms with Crippen LogP contribution in [-0.4, -0.2) is 20.0 Å². The summed E-state index contributed by atoms with van der Waals surface area (Å²) >= 11 is 1.21. The SMILES string of the molecule is O=[N+]([O-])c1cc(CSc2nnc(C3CCCCC3)o2)cc([N+](=O)[O-])c1. The Morgan fingerprint density at radius 1 is 1.04 bits per heavy atom. The summed E-state index contributed by atoms with van der Waals surface area (Å²) in [5, 5.41) is 30.3. The molecule has 0 spiro atoms. The first-order chi connectivity index (χ1) is 12.0. The molecular weight excluding hydrogens is 348 g/mol.